The van der Waals surface area contributed by atoms with Gasteiger partial charge in [-0.25, -0.2) is 4.79 Å². The third kappa shape index (κ3) is 27.3. The van der Waals surface area contributed by atoms with Gasteiger partial charge in [-0.3, -0.25) is 14.4 Å². The summed E-state index contributed by atoms with van der Waals surface area (Å²) in [6.07, 6.45) is 8.54. The summed E-state index contributed by atoms with van der Waals surface area (Å²) in [5, 5.41) is 127. The van der Waals surface area contributed by atoms with Gasteiger partial charge in [0.05, 0.1) is 50.7 Å². The van der Waals surface area contributed by atoms with E-state index in [2.05, 4.69) is 29.8 Å². The van der Waals surface area contributed by atoms with Crippen LogP contribution in [-0.2, 0) is 47.6 Å². The standard InChI is InChI=1S/C61H111N3O21/c1-5-7-9-11-13-15-17-19-20-22-24-26-28-30-32-34-48(72)64-42(43(69)33-31-29-27-25-23-21-18-16-14-12-10-8-6-2)38-80-58-50(63-41(4)68)53(75)56(46(37-66)82-58)84-59-55(77)54(76)52(74)47(83-59)39-81-61(60(78)79)35-44(70)49(62-40(3)67)57(85-61)51(73)45(71)36-65/h31,33,42-47,49-59,65-66,69-71,73-77H,5-30,32,34-39H2,1-4H3,(H,62,67)(H,63,68)(H,64,72)(H,78,79)/b33-31+/t42-,43+,44-,45+,46+,47+,49+,50+,51+,52-,53+,54-,55+,56+,57+,58+,59-,61+/m0/s1. The van der Waals surface area contributed by atoms with Crippen molar-refractivity contribution in [1.82, 2.24) is 16.0 Å². The number of aliphatic hydroxyl groups is 10. The average Bonchev–Trinajstić information content (AvgIpc) is 3.57. The molecule has 24 nitrogen and oxygen atoms in total. The maximum Gasteiger partial charge on any atom is 0.364 e. The fourth-order valence-corrected chi connectivity index (χ4v) is 11.2. The number of amides is 3. The van der Waals surface area contributed by atoms with Gasteiger partial charge in [-0.05, 0) is 19.3 Å². The number of hydrogen-bond donors (Lipinski definition) is 14. The Kier molecular flexibility index (Phi) is 38.4. The van der Waals surface area contributed by atoms with E-state index in [4.69, 9.17) is 28.4 Å². The van der Waals surface area contributed by atoms with Crippen LogP contribution >= 0.6 is 0 Å². The van der Waals surface area contributed by atoms with Gasteiger partial charge in [-0.15, -0.1) is 0 Å². The van der Waals surface area contributed by atoms with Crippen LogP contribution in [0.5, 0.6) is 0 Å². The van der Waals surface area contributed by atoms with Crippen molar-refractivity contribution >= 4 is 23.7 Å². The lowest BCUT2D eigenvalue weighted by Gasteiger charge is -2.48. The molecule has 0 saturated carbocycles. The van der Waals surface area contributed by atoms with Crippen LogP contribution in [0.2, 0.25) is 0 Å². The molecule has 0 unspecified atom stereocenters. The molecular formula is C61H111N3O21. The van der Waals surface area contributed by atoms with Crippen molar-refractivity contribution in [3.63, 3.8) is 0 Å². The number of aliphatic hydroxyl groups excluding tert-OH is 10. The molecule has 85 heavy (non-hydrogen) atoms. The molecule has 3 saturated heterocycles. The minimum Gasteiger partial charge on any atom is -0.477 e. The highest BCUT2D eigenvalue weighted by Crippen LogP contribution is 2.36. The fourth-order valence-electron chi connectivity index (χ4n) is 11.2. The van der Waals surface area contributed by atoms with Gasteiger partial charge in [-0.1, -0.05) is 180 Å². The number of rotatable bonds is 46. The van der Waals surface area contributed by atoms with Gasteiger partial charge >= 0.3 is 5.97 Å². The third-order valence-electron chi connectivity index (χ3n) is 16.4. The van der Waals surface area contributed by atoms with Gasteiger partial charge < -0.3 is 101 Å². The van der Waals surface area contributed by atoms with Crippen LogP contribution in [-0.4, -0.2) is 216 Å². The van der Waals surface area contributed by atoms with E-state index in [0.717, 1.165) is 58.8 Å². The van der Waals surface area contributed by atoms with Crippen molar-refractivity contribution in [2.24, 2.45) is 0 Å². The van der Waals surface area contributed by atoms with Crippen molar-refractivity contribution in [1.29, 1.82) is 0 Å². The molecule has 0 aliphatic carbocycles. The summed E-state index contributed by atoms with van der Waals surface area (Å²) in [5.74, 6) is -6.49. The maximum absolute atomic E-state index is 13.5. The first-order chi connectivity index (χ1) is 40.7. The normalized spacial score (nSPS) is 29.5. The number of hydrogen-bond acceptors (Lipinski definition) is 20. The molecular weight excluding hydrogens is 1110 g/mol. The molecule has 3 rings (SSSR count). The van der Waals surface area contributed by atoms with E-state index >= 15 is 0 Å². The minimum atomic E-state index is -2.89. The van der Waals surface area contributed by atoms with E-state index in [1.807, 2.05) is 6.08 Å². The molecule has 3 heterocycles. The van der Waals surface area contributed by atoms with Crippen LogP contribution in [0, 0.1) is 0 Å². The number of allylic oxidation sites excluding steroid dienone is 1. The number of aliphatic carboxylic acids is 1. The quantitative estimate of drug-likeness (QED) is 0.0307. The first-order valence-electron chi connectivity index (χ1n) is 32.0. The van der Waals surface area contributed by atoms with E-state index in [-0.39, 0.29) is 12.3 Å². The first-order valence-corrected chi connectivity index (χ1v) is 32.0. The van der Waals surface area contributed by atoms with Gasteiger partial charge in [0.2, 0.25) is 17.7 Å². The number of carbonyl (C=O) groups excluding carboxylic acids is 3. The Morgan fingerprint density at radius 2 is 1.12 bits per heavy atom. The highest BCUT2D eigenvalue weighted by molar-refractivity contribution is 5.77. The van der Waals surface area contributed by atoms with Crippen molar-refractivity contribution < 1.29 is 104 Å². The first kappa shape index (κ1) is 76.2. The van der Waals surface area contributed by atoms with E-state index in [1.54, 1.807) is 6.08 Å². The molecule has 0 spiro atoms. The Labute approximate surface area is 504 Å². The van der Waals surface area contributed by atoms with Crippen molar-refractivity contribution in [3.8, 4) is 0 Å². The summed E-state index contributed by atoms with van der Waals surface area (Å²) in [5.41, 5.74) is 0. The van der Waals surface area contributed by atoms with Crippen molar-refractivity contribution in [2.75, 3.05) is 26.4 Å². The van der Waals surface area contributed by atoms with Gasteiger partial charge in [0, 0.05) is 26.7 Å². The van der Waals surface area contributed by atoms with E-state index in [0.29, 0.717) is 12.8 Å². The molecule has 0 aromatic carbocycles. The summed E-state index contributed by atoms with van der Waals surface area (Å²) in [6.45, 7) is 3.35. The zero-order chi connectivity index (χ0) is 62.7. The van der Waals surface area contributed by atoms with Gasteiger partial charge in [0.1, 0.15) is 67.1 Å². The van der Waals surface area contributed by atoms with Crippen LogP contribution in [0.25, 0.3) is 0 Å². The van der Waals surface area contributed by atoms with Crippen LogP contribution in [0.1, 0.15) is 214 Å². The molecule has 3 aliphatic heterocycles. The lowest BCUT2D eigenvalue weighted by Crippen LogP contribution is -2.69. The fraction of sp³-hybridized carbons (Fsp3) is 0.902. The number of carboxylic acids is 1. The molecule has 18 atom stereocenters. The van der Waals surface area contributed by atoms with E-state index in [1.165, 1.54) is 116 Å². The van der Waals surface area contributed by atoms with Gasteiger partial charge in [0.25, 0.3) is 5.79 Å². The molecule has 0 aromatic rings. The molecule has 24 heteroatoms. The molecule has 0 radical (unpaired) electrons. The lowest BCUT2D eigenvalue weighted by molar-refractivity contribution is -0.360. The van der Waals surface area contributed by atoms with Crippen LogP contribution in [0.3, 0.4) is 0 Å². The lowest BCUT2D eigenvalue weighted by atomic mass is 9.88. The number of carboxylic acid groups (broad SMARTS) is 1. The number of carbonyl (C=O) groups is 4. The van der Waals surface area contributed by atoms with Crippen LogP contribution < -0.4 is 16.0 Å². The Morgan fingerprint density at radius 1 is 0.624 bits per heavy atom. The smallest absolute Gasteiger partial charge is 0.364 e. The average molecular weight is 1220 g/mol. The maximum atomic E-state index is 13.5. The summed E-state index contributed by atoms with van der Waals surface area (Å²) < 4.78 is 35.2. The SMILES string of the molecule is CCCCCCCCCCCCC/C=C/[C@@H](O)[C@H](CO[C@@H]1O[C@H](CO)[C@@H](O[C@@H]2O[C@H](CO[C@]3(C(=O)O)C[C@H](O)[C@@H](NC(C)=O)[C@H]([C@H](O)[C@H](O)CO)O3)[C@H](O)[C@H](O)[C@H]2O)[C@H](O)[C@H]1NC(C)=O)NC(=O)CCCCCCCCCCCCCCCCC. The molecule has 3 amide bonds. The highest BCUT2D eigenvalue weighted by atomic mass is 16.8. The zero-order valence-corrected chi connectivity index (χ0v) is 51.3. The number of unbranched alkanes of at least 4 members (excludes halogenated alkanes) is 25. The molecule has 0 bridgehead atoms. The Balaban J connectivity index is 1.70. The Hall–Kier alpha value is -3.02. The summed E-state index contributed by atoms with van der Waals surface area (Å²) >= 11 is 0. The van der Waals surface area contributed by atoms with E-state index in [9.17, 15) is 75.3 Å². The van der Waals surface area contributed by atoms with Crippen molar-refractivity contribution in [2.45, 2.75) is 324 Å². The summed E-state index contributed by atoms with van der Waals surface area (Å²) in [7, 11) is 0. The molecule has 14 N–H and O–H groups in total. The predicted molar refractivity (Wildman–Crippen MR) is 313 cm³/mol. The van der Waals surface area contributed by atoms with Gasteiger partial charge in [0.15, 0.2) is 12.6 Å². The summed E-state index contributed by atoms with van der Waals surface area (Å²) in [4.78, 5) is 51.0. The number of ether oxygens (including phenoxy) is 6. The topological polar surface area (TPSA) is 382 Å². The Morgan fingerprint density at radius 3 is 1.61 bits per heavy atom. The molecule has 496 valence electrons. The second-order valence-corrected chi connectivity index (χ2v) is 23.7. The second-order valence-electron chi connectivity index (χ2n) is 23.7. The van der Waals surface area contributed by atoms with Gasteiger partial charge in [-0.2, -0.15) is 0 Å². The van der Waals surface area contributed by atoms with Crippen LogP contribution in [0.4, 0.5) is 0 Å². The van der Waals surface area contributed by atoms with Crippen LogP contribution in [0.15, 0.2) is 12.2 Å². The monoisotopic (exact) mass is 1220 g/mol. The summed E-state index contributed by atoms with van der Waals surface area (Å²) in [6, 6.07) is -4.03. The number of nitrogens with one attached hydrogen (secondary N) is 3. The largest absolute Gasteiger partial charge is 0.477 e. The third-order valence-corrected chi connectivity index (χ3v) is 16.4. The Bertz CT molecular complexity index is 1860. The molecule has 3 fully saturated rings. The molecule has 3 aliphatic rings. The van der Waals surface area contributed by atoms with E-state index < -0.39 is 160 Å². The zero-order valence-electron chi connectivity index (χ0n) is 51.3. The minimum absolute atomic E-state index is 0.204. The second kappa shape index (κ2) is 42.8. The molecule has 0 aromatic heterocycles. The predicted octanol–water partition coefficient (Wildman–Crippen LogP) is 3.31. The highest BCUT2D eigenvalue weighted by Gasteiger charge is 2.57. The van der Waals surface area contributed by atoms with Crippen molar-refractivity contribution in [3.05, 3.63) is 12.2 Å².